The van der Waals surface area contributed by atoms with E-state index in [9.17, 15) is 9.59 Å². The van der Waals surface area contributed by atoms with Crippen molar-refractivity contribution in [1.82, 2.24) is 4.90 Å². The van der Waals surface area contributed by atoms with Gasteiger partial charge in [0.25, 0.3) is 0 Å². The molecule has 1 aromatic rings. The van der Waals surface area contributed by atoms with Crippen LogP contribution in [0.5, 0.6) is 0 Å². The maximum absolute atomic E-state index is 12.4. The first-order chi connectivity index (χ1) is 9.93. The van der Waals surface area contributed by atoms with Gasteiger partial charge in [0, 0.05) is 19.4 Å². The predicted molar refractivity (Wildman–Crippen MR) is 78.2 cm³/mol. The lowest BCUT2D eigenvalue weighted by molar-refractivity contribution is -0.156. The van der Waals surface area contributed by atoms with Crippen LogP contribution in [0.4, 0.5) is 0 Å². The summed E-state index contributed by atoms with van der Waals surface area (Å²) in [5.74, 6) is 0.354. The second-order valence-corrected chi connectivity index (χ2v) is 6.66. The third-order valence-corrected chi connectivity index (χ3v) is 5.08. The number of fused-ring (bicyclic) bond motifs is 1. The van der Waals surface area contributed by atoms with Crippen molar-refractivity contribution in [3.8, 4) is 0 Å². The van der Waals surface area contributed by atoms with Crippen LogP contribution in [0, 0.1) is 17.3 Å². The molecule has 1 amide bonds. The van der Waals surface area contributed by atoms with E-state index in [1.807, 2.05) is 30.3 Å². The minimum absolute atomic E-state index is 0.0420. The number of esters is 1. The molecular formula is C17H21NO3. The first-order valence-electron chi connectivity index (χ1n) is 7.40. The van der Waals surface area contributed by atoms with Crippen molar-refractivity contribution < 1.29 is 14.3 Å². The van der Waals surface area contributed by atoms with Crippen molar-refractivity contribution in [3.63, 3.8) is 0 Å². The zero-order valence-electron chi connectivity index (χ0n) is 12.7. The average molecular weight is 287 g/mol. The number of ether oxygens (including phenoxy) is 1. The van der Waals surface area contributed by atoms with Gasteiger partial charge in [-0.1, -0.05) is 44.2 Å². The van der Waals surface area contributed by atoms with Crippen LogP contribution in [0.25, 0.3) is 0 Å². The van der Waals surface area contributed by atoms with Gasteiger partial charge in [-0.3, -0.25) is 4.79 Å². The highest BCUT2D eigenvalue weighted by molar-refractivity contribution is 5.85. The zero-order chi connectivity index (χ0) is 15.2. The molecule has 3 rings (SSSR count). The summed E-state index contributed by atoms with van der Waals surface area (Å²) in [5.41, 5.74) is 1.10. The number of piperidine rings is 1. The minimum Gasteiger partial charge on any atom is -0.459 e. The summed E-state index contributed by atoms with van der Waals surface area (Å²) < 4.78 is 5.45. The lowest BCUT2D eigenvalue weighted by atomic mass is 10.0. The Morgan fingerprint density at radius 2 is 1.95 bits per heavy atom. The highest BCUT2D eigenvalue weighted by Crippen LogP contribution is 2.64. The molecule has 1 heterocycles. The average Bonchev–Trinajstić information content (AvgIpc) is 2.84. The Morgan fingerprint density at radius 1 is 1.29 bits per heavy atom. The van der Waals surface area contributed by atoms with Gasteiger partial charge in [0.05, 0.1) is 0 Å². The van der Waals surface area contributed by atoms with Gasteiger partial charge in [0.15, 0.2) is 0 Å². The van der Waals surface area contributed by atoms with E-state index >= 15 is 0 Å². The Balaban J connectivity index is 1.68. The Labute approximate surface area is 125 Å². The van der Waals surface area contributed by atoms with E-state index in [2.05, 4.69) is 13.8 Å². The number of carbonyl (C=O) groups excluding carboxylic acids is 2. The summed E-state index contributed by atoms with van der Waals surface area (Å²) in [7, 11) is 0. The molecule has 0 bridgehead atoms. The predicted octanol–water partition coefficient (Wildman–Crippen LogP) is 2.23. The van der Waals surface area contributed by atoms with E-state index in [0.29, 0.717) is 12.5 Å². The number of hydrogen-bond donors (Lipinski definition) is 0. The smallest absolute Gasteiger partial charge is 0.329 e. The monoisotopic (exact) mass is 287 g/mol. The minimum atomic E-state index is -0.411. The van der Waals surface area contributed by atoms with E-state index in [1.54, 1.807) is 4.90 Å². The van der Waals surface area contributed by atoms with E-state index in [-0.39, 0.29) is 29.8 Å². The summed E-state index contributed by atoms with van der Waals surface area (Å²) in [4.78, 5) is 25.8. The SMILES string of the molecule is CC(=O)N1C[C@H]2[C@@H]([C@H]1C(=O)OCc1ccccc1)C2(C)C. The van der Waals surface area contributed by atoms with Gasteiger partial charge in [-0.2, -0.15) is 0 Å². The zero-order valence-corrected chi connectivity index (χ0v) is 12.7. The van der Waals surface area contributed by atoms with Gasteiger partial charge in [-0.25, -0.2) is 4.79 Å². The molecule has 2 aliphatic rings. The third-order valence-electron chi connectivity index (χ3n) is 5.08. The molecule has 21 heavy (non-hydrogen) atoms. The van der Waals surface area contributed by atoms with Crippen LogP contribution in [0.1, 0.15) is 26.3 Å². The number of hydrogen-bond acceptors (Lipinski definition) is 3. The second kappa shape index (κ2) is 4.86. The normalized spacial score (nSPS) is 28.9. The Hall–Kier alpha value is -1.84. The highest BCUT2D eigenvalue weighted by atomic mass is 16.5. The van der Waals surface area contributed by atoms with Gasteiger partial charge in [-0.05, 0) is 16.9 Å². The molecule has 0 unspecified atom stereocenters. The van der Waals surface area contributed by atoms with Crippen molar-refractivity contribution in [1.29, 1.82) is 0 Å². The van der Waals surface area contributed by atoms with Crippen LogP contribution in [0.15, 0.2) is 30.3 Å². The first-order valence-corrected chi connectivity index (χ1v) is 7.40. The molecule has 4 heteroatoms. The number of nitrogens with zero attached hydrogens (tertiary/aromatic N) is 1. The standard InChI is InChI=1S/C17H21NO3/c1-11(19)18-9-13-14(17(13,2)3)15(18)16(20)21-10-12-7-5-4-6-8-12/h4-8,13-15H,9-10H2,1-3H3/t13-,14-,15-/m0/s1. The second-order valence-electron chi connectivity index (χ2n) is 6.66. The maximum atomic E-state index is 12.4. The first kappa shape index (κ1) is 14.1. The molecule has 1 aliphatic heterocycles. The van der Waals surface area contributed by atoms with Crippen LogP contribution < -0.4 is 0 Å². The number of rotatable bonds is 3. The third kappa shape index (κ3) is 2.33. The van der Waals surface area contributed by atoms with Gasteiger partial charge in [0.1, 0.15) is 12.6 Å². The topological polar surface area (TPSA) is 46.6 Å². The van der Waals surface area contributed by atoms with Gasteiger partial charge in [0.2, 0.25) is 5.91 Å². The quantitative estimate of drug-likeness (QED) is 0.801. The molecule has 4 nitrogen and oxygen atoms in total. The highest BCUT2D eigenvalue weighted by Gasteiger charge is 2.69. The van der Waals surface area contributed by atoms with Crippen LogP contribution >= 0.6 is 0 Å². The van der Waals surface area contributed by atoms with Gasteiger partial charge in [-0.15, -0.1) is 0 Å². The molecule has 0 spiro atoms. The van der Waals surface area contributed by atoms with Crippen molar-refractivity contribution in [3.05, 3.63) is 35.9 Å². The molecule has 3 atom stereocenters. The summed E-state index contributed by atoms with van der Waals surface area (Å²) in [6.07, 6.45) is 0. The Morgan fingerprint density at radius 3 is 2.57 bits per heavy atom. The molecular weight excluding hydrogens is 266 g/mol. The van der Waals surface area contributed by atoms with Crippen molar-refractivity contribution in [2.75, 3.05) is 6.54 Å². The Kier molecular flexibility index (Phi) is 3.27. The summed E-state index contributed by atoms with van der Waals surface area (Å²) >= 11 is 0. The molecule has 2 fully saturated rings. The lowest BCUT2D eigenvalue weighted by Gasteiger charge is -2.28. The van der Waals surface area contributed by atoms with E-state index < -0.39 is 6.04 Å². The van der Waals surface area contributed by atoms with Crippen molar-refractivity contribution in [2.45, 2.75) is 33.4 Å². The van der Waals surface area contributed by atoms with E-state index in [4.69, 9.17) is 4.74 Å². The molecule has 1 aliphatic carbocycles. The number of benzene rings is 1. The van der Waals surface area contributed by atoms with Gasteiger partial charge < -0.3 is 9.64 Å². The van der Waals surface area contributed by atoms with Crippen LogP contribution in [0.2, 0.25) is 0 Å². The molecule has 0 N–H and O–H groups in total. The summed E-state index contributed by atoms with van der Waals surface area (Å²) in [6.45, 7) is 6.79. The van der Waals surface area contributed by atoms with Crippen LogP contribution in [-0.2, 0) is 20.9 Å². The molecule has 1 aromatic carbocycles. The summed E-state index contributed by atoms with van der Waals surface area (Å²) in [6, 6.07) is 9.20. The molecule has 1 saturated heterocycles. The summed E-state index contributed by atoms with van der Waals surface area (Å²) in [5, 5.41) is 0. The molecule has 112 valence electrons. The van der Waals surface area contributed by atoms with E-state index in [1.165, 1.54) is 6.92 Å². The Bertz CT molecular complexity index is 567. The molecule has 1 saturated carbocycles. The van der Waals surface area contributed by atoms with E-state index in [0.717, 1.165) is 5.56 Å². The van der Waals surface area contributed by atoms with Crippen molar-refractivity contribution in [2.24, 2.45) is 17.3 Å². The number of carbonyl (C=O) groups is 2. The van der Waals surface area contributed by atoms with Gasteiger partial charge >= 0.3 is 5.97 Å². The number of amides is 1. The largest absolute Gasteiger partial charge is 0.459 e. The lowest BCUT2D eigenvalue weighted by Crippen LogP contribution is -2.45. The maximum Gasteiger partial charge on any atom is 0.329 e. The molecule has 0 aromatic heterocycles. The fourth-order valence-electron chi connectivity index (χ4n) is 3.69. The fourth-order valence-corrected chi connectivity index (χ4v) is 3.69. The van der Waals surface area contributed by atoms with Crippen molar-refractivity contribution >= 4 is 11.9 Å². The molecule has 0 radical (unpaired) electrons. The van der Waals surface area contributed by atoms with Crippen LogP contribution in [-0.4, -0.2) is 29.4 Å². The van der Waals surface area contributed by atoms with Crippen LogP contribution in [0.3, 0.4) is 0 Å². The fraction of sp³-hybridized carbons (Fsp3) is 0.529. The number of likely N-dealkylation sites (tertiary alicyclic amines) is 1.